The Morgan fingerprint density at radius 1 is 1.24 bits per heavy atom. The molecule has 3 nitrogen and oxygen atoms in total. The second-order valence-corrected chi connectivity index (χ2v) is 6.55. The maximum absolute atomic E-state index is 12.1. The van der Waals surface area contributed by atoms with E-state index in [4.69, 9.17) is 0 Å². The number of carbonyl (C=O) groups excluding carboxylic acids is 1. The number of hydrogen-bond donors (Lipinski definition) is 2. The van der Waals surface area contributed by atoms with Crippen molar-refractivity contribution in [3.8, 4) is 0 Å². The highest BCUT2D eigenvalue weighted by atomic mass is 16.3. The van der Waals surface area contributed by atoms with Gasteiger partial charge in [-0.3, -0.25) is 4.79 Å². The molecule has 0 saturated heterocycles. The van der Waals surface area contributed by atoms with Gasteiger partial charge in [0, 0.05) is 6.08 Å². The Morgan fingerprint density at radius 2 is 1.81 bits per heavy atom. The third kappa shape index (κ3) is 3.73. The SMILES string of the molecule is C[C@@](O)(CNC(=O)C=C(C1CC1)C1CC1)c1ccccc1. The molecule has 3 heteroatoms. The topological polar surface area (TPSA) is 49.3 Å². The summed E-state index contributed by atoms with van der Waals surface area (Å²) >= 11 is 0. The molecule has 0 unspecified atom stereocenters. The summed E-state index contributed by atoms with van der Waals surface area (Å²) in [5, 5.41) is 13.3. The number of carbonyl (C=O) groups is 1. The van der Waals surface area contributed by atoms with Crippen LogP contribution in [0.1, 0.15) is 38.2 Å². The number of rotatable bonds is 6. The summed E-state index contributed by atoms with van der Waals surface area (Å²) in [5.74, 6) is 1.23. The Labute approximate surface area is 126 Å². The molecule has 21 heavy (non-hydrogen) atoms. The molecule has 0 aliphatic heterocycles. The van der Waals surface area contributed by atoms with E-state index < -0.39 is 5.60 Å². The Bertz CT molecular complexity index is 526. The zero-order valence-electron chi connectivity index (χ0n) is 12.5. The maximum atomic E-state index is 12.1. The average molecular weight is 285 g/mol. The van der Waals surface area contributed by atoms with E-state index in [1.54, 1.807) is 13.0 Å². The van der Waals surface area contributed by atoms with Crippen LogP contribution >= 0.6 is 0 Å². The first-order valence-corrected chi connectivity index (χ1v) is 7.83. The molecule has 112 valence electrons. The summed E-state index contributed by atoms with van der Waals surface area (Å²) < 4.78 is 0. The van der Waals surface area contributed by atoms with Crippen molar-refractivity contribution in [2.24, 2.45) is 11.8 Å². The van der Waals surface area contributed by atoms with Gasteiger partial charge in [-0.25, -0.2) is 0 Å². The highest BCUT2D eigenvalue weighted by molar-refractivity contribution is 5.88. The summed E-state index contributed by atoms with van der Waals surface area (Å²) in [5.41, 5.74) is 1.12. The molecule has 2 aliphatic rings. The van der Waals surface area contributed by atoms with Gasteiger partial charge in [-0.2, -0.15) is 0 Å². The number of allylic oxidation sites excluding steroid dienone is 1. The first kappa shape index (κ1) is 14.3. The predicted octanol–water partition coefficient (Wildman–Crippen LogP) is 2.76. The minimum absolute atomic E-state index is 0.0694. The molecule has 1 aromatic rings. The molecular formula is C18H23NO2. The second kappa shape index (κ2) is 5.64. The largest absolute Gasteiger partial charge is 0.384 e. The van der Waals surface area contributed by atoms with E-state index in [1.165, 1.54) is 31.3 Å². The van der Waals surface area contributed by atoms with Crippen molar-refractivity contribution in [1.29, 1.82) is 0 Å². The monoisotopic (exact) mass is 285 g/mol. The van der Waals surface area contributed by atoms with Gasteiger partial charge in [-0.05, 0) is 50.0 Å². The third-order valence-corrected chi connectivity index (χ3v) is 4.40. The Kier molecular flexibility index (Phi) is 3.85. The van der Waals surface area contributed by atoms with Crippen LogP contribution in [-0.2, 0) is 10.4 Å². The van der Waals surface area contributed by atoms with Crippen LogP contribution in [0.4, 0.5) is 0 Å². The van der Waals surface area contributed by atoms with Gasteiger partial charge in [0.15, 0.2) is 0 Å². The predicted molar refractivity (Wildman–Crippen MR) is 82.6 cm³/mol. The Hall–Kier alpha value is -1.61. The van der Waals surface area contributed by atoms with Crippen LogP contribution in [0, 0.1) is 11.8 Å². The number of benzene rings is 1. The Balaban J connectivity index is 1.59. The maximum Gasteiger partial charge on any atom is 0.244 e. The van der Waals surface area contributed by atoms with Crippen LogP contribution < -0.4 is 5.32 Å². The van der Waals surface area contributed by atoms with Crippen LogP contribution in [0.3, 0.4) is 0 Å². The second-order valence-electron chi connectivity index (χ2n) is 6.55. The van der Waals surface area contributed by atoms with Crippen molar-refractivity contribution >= 4 is 5.91 Å². The fourth-order valence-electron chi connectivity index (χ4n) is 2.76. The minimum Gasteiger partial charge on any atom is -0.384 e. The lowest BCUT2D eigenvalue weighted by Gasteiger charge is -2.24. The van der Waals surface area contributed by atoms with Gasteiger partial charge in [-0.15, -0.1) is 0 Å². The summed E-state index contributed by atoms with van der Waals surface area (Å²) in [4.78, 5) is 12.1. The molecule has 2 saturated carbocycles. The smallest absolute Gasteiger partial charge is 0.244 e. The van der Waals surface area contributed by atoms with Gasteiger partial charge in [0.25, 0.3) is 0 Å². The van der Waals surface area contributed by atoms with Gasteiger partial charge < -0.3 is 10.4 Å². The summed E-state index contributed by atoms with van der Waals surface area (Å²) in [6.45, 7) is 1.96. The lowest BCUT2D eigenvalue weighted by atomic mass is 9.96. The fourth-order valence-corrected chi connectivity index (χ4v) is 2.76. The van der Waals surface area contributed by atoms with Gasteiger partial charge in [0.2, 0.25) is 5.91 Å². The van der Waals surface area contributed by atoms with Crippen LogP contribution in [-0.4, -0.2) is 17.6 Å². The van der Waals surface area contributed by atoms with Crippen molar-refractivity contribution in [2.45, 2.75) is 38.2 Å². The molecule has 2 fully saturated rings. The lowest BCUT2D eigenvalue weighted by Crippen LogP contribution is -2.38. The van der Waals surface area contributed by atoms with E-state index in [-0.39, 0.29) is 12.5 Å². The first-order chi connectivity index (χ1) is 10.1. The molecule has 2 aliphatic carbocycles. The minimum atomic E-state index is -1.04. The molecule has 0 spiro atoms. The number of hydrogen-bond acceptors (Lipinski definition) is 2. The molecule has 0 radical (unpaired) electrons. The van der Waals surface area contributed by atoms with Gasteiger partial charge >= 0.3 is 0 Å². The van der Waals surface area contributed by atoms with E-state index in [1.807, 2.05) is 30.3 Å². The molecule has 1 atom stereocenters. The fraction of sp³-hybridized carbons (Fsp3) is 0.500. The van der Waals surface area contributed by atoms with E-state index in [0.29, 0.717) is 11.8 Å². The van der Waals surface area contributed by atoms with Crippen molar-refractivity contribution in [1.82, 2.24) is 5.32 Å². The van der Waals surface area contributed by atoms with Crippen molar-refractivity contribution < 1.29 is 9.90 Å². The molecule has 1 aromatic carbocycles. The molecule has 0 heterocycles. The first-order valence-electron chi connectivity index (χ1n) is 7.83. The molecule has 1 amide bonds. The summed E-state index contributed by atoms with van der Waals surface area (Å²) in [6.07, 6.45) is 6.72. The van der Waals surface area contributed by atoms with E-state index >= 15 is 0 Å². The lowest BCUT2D eigenvalue weighted by molar-refractivity contribution is -0.117. The van der Waals surface area contributed by atoms with E-state index in [0.717, 1.165) is 5.56 Å². The molecular weight excluding hydrogens is 262 g/mol. The van der Waals surface area contributed by atoms with E-state index in [2.05, 4.69) is 5.32 Å². The standard InChI is InChI=1S/C18H23NO2/c1-18(21,15-5-3-2-4-6-15)12-19-17(20)11-16(13-7-8-13)14-9-10-14/h2-6,11,13-14,21H,7-10,12H2,1H3,(H,19,20)/t18-/m1/s1. The zero-order chi connectivity index (χ0) is 14.9. The summed E-state index contributed by atoms with van der Waals surface area (Å²) in [6, 6.07) is 9.45. The quantitative estimate of drug-likeness (QED) is 0.790. The van der Waals surface area contributed by atoms with Crippen molar-refractivity contribution in [3.63, 3.8) is 0 Å². The van der Waals surface area contributed by atoms with Crippen molar-refractivity contribution in [2.75, 3.05) is 6.54 Å². The molecule has 3 rings (SSSR count). The van der Waals surface area contributed by atoms with Gasteiger partial charge in [-0.1, -0.05) is 35.9 Å². The van der Waals surface area contributed by atoms with Crippen LogP contribution in [0.15, 0.2) is 42.0 Å². The molecule has 2 N–H and O–H groups in total. The summed E-state index contributed by atoms with van der Waals surface area (Å²) in [7, 11) is 0. The highest BCUT2D eigenvalue weighted by Gasteiger charge is 2.36. The average Bonchev–Trinajstić information content (AvgIpc) is 3.37. The number of nitrogens with one attached hydrogen (secondary N) is 1. The van der Waals surface area contributed by atoms with Crippen molar-refractivity contribution in [3.05, 3.63) is 47.5 Å². The van der Waals surface area contributed by atoms with Crippen LogP contribution in [0.5, 0.6) is 0 Å². The zero-order valence-corrected chi connectivity index (χ0v) is 12.5. The van der Waals surface area contributed by atoms with Gasteiger partial charge in [0.1, 0.15) is 5.60 Å². The number of amides is 1. The van der Waals surface area contributed by atoms with Crippen LogP contribution in [0.25, 0.3) is 0 Å². The van der Waals surface area contributed by atoms with Crippen LogP contribution in [0.2, 0.25) is 0 Å². The number of aliphatic hydroxyl groups is 1. The van der Waals surface area contributed by atoms with Gasteiger partial charge in [0.05, 0.1) is 6.54 Å². The molecule has 0 aromatic heterocycles. The van der Waals surface area contributed by atoms with E-state index in [9.17, 15) is 9.90 Å². The third-order valence-electron chi connectivity index (χ3n) is 4.40. The highest BCUT2D eigenvalue weighted by Crippen LogP contribution is 2.48. The molecule has 0 bridgehead atoms. The normalized spacial score (nSPS) is 20.5. The Morgan fingerprint density at radius 3 is 2.33 bits per heavy atom.